The number of β-amino-alcohol motifs (C(OH)–C–C–N with tert-alkyl or cyclic N) is 1. The third-order valence-corrected chi connectivity index (χ3v) is 5.70. The van der Waals surface area contributed by atoms with Gasteiger partial charge in [0.1, 0.15) is 18.8 Å². The fourth-order valence-corrected chi connectivity index (χ4v) is 3.86. The molecule has 3 rings (SSSR count). The van der Waals surface area contributed by atoms with Gasteiger partial charge in [0.15, 0.2) is 5.75 Å². The molecule has 0 saturated carbocycles. The average molecular weight is 482 g/mol. The van der Waals surface area contributed by atoms with Crippen LogP contribution in [0.25, 0.3) is 10.8 Å². The van der Waals surface area contributed by atoms with Crippen LogP contribution in [0.3, 0.4) is 0 Å². The summed E-state index contributed by atoms with van der Waals surface area (Å²) in [7, 11) is 0. The Morgan fingerprint density at radius 2 is 1.80 bits per heavy atom. The van der Waals surface area contributed by atoms with Crippen molar-refractivity contribution in [2.45, 2.75) is 44.4 Å². The maximum atomic E-state index is 11.5. The van der Waals surface area contributed by atoms with Crippen molar-refractivity contribution in [3.8, 4) is 5.75 Å². The van der Waals surface area contributed by atoms with Gasteiger partial charge in [0.25, 0.3) is 0 Å². The SMILES string of the molecule is CC(C)(Cc1ccc2ccccc2c1)NC[C@@H](O)COc1ccc(C[C@H](N)C(=O)O)cc1[N+](=O)[O-]. The Balaban J connectivity index is 1.55. The van der Waals surface area contributed by atoms with Crippen LogP contribution in [0, 0.1) is 10.1 Å². The molecule has 3 aromatic carbocycles. The van der Waals surface area contributed by atoms with Crippen LogP contribution in [0.15, 0.2) is 60.7 Å². The first kappa shape index (κ1) is 26.1. The number of aliphatic hydroxyl groups is 1. The number of carboxylic acid groups (broad SMARTS) is 1. The van der Waals surface area contributed by atoms with Crippen LogP contribution in [0.4, 0.5) is 5.69 Å². The van der Waals surface area contributed by atoms with Crippen molar-refractivity contribution in [3.05, 3.63) is 81.9 Å². The molecule has 3 aromatic rings. The van der Waals surface area contributed by atoms with E-state index in [1.807, 2.05) is 26.0 Å². The number of rotatable bonds is 12. The van der Waals surface area contributed by atoms with Gasteiger partial charge in [-0.05, 0) is 54.7 Å². The number of nitrogens with two attached hydrogens (primary N) is 1. The Kier molecular flexibility index (Phi) is 8.39. The molecular weight excluding hydrogens is 450 g/mol. The van der Waals surface area contributed by atoms with Gasteiger partial charge in [-0.15, -0.1) is 0 Å². The molecule has 0 aliphatic carbocycles. The lowest BCUT2D eigenvalue weighted by Gasteiger charge is -2.28. The molecule has 0 amide bonds. The Labute approximate surface area is 203 Å². The summed E-state index contributed by atoms with van der Waals surface area (Å²) in [5, 5.41) is 36.5. The largest absolute Gasteiger partial charge is 0.484 e. The van der Waals surface area contributed by atoms with E-state index in [1.165, 1.54) is 34.5 Å². The number of benzene rings is 3. The molecule has 9 heteroatoms. The summed E-state index contributed by atoms with van der Waals surface area (Å²) in [5.41, 5.74) is 6.48. The molecule has 0 unspecified atom stereocenters. The highest BCUT2D eigenvalue weighted by Gasteiger charge is 2.22. The van der Waals surface area contributed by atoms with Gasteiger partial charge in [0.2, 0.25) is 0 Å². The van der Waals surface area contributed by atoms with Gasteiger partial charge in [-0.1, -0.05) is 48.5 Å². The lowest BCUT2D eigenvalue weighted by Crippen LogP contribution is -2.46. The minimum absolute atomic E-state index is 0.00267. The molecule has 0 fully saturated rings. The minimum atomic E-state index is -1.19. The van der Waals surface area contributed by atoms with Crippen molar-refractivity contribution in [3.63, 3.8) is 0 Å². The second-order valence-electron chi connectivity index (χ2n) is 9.30. The predicted molar refractivity (Wildman–Crippen MR) is 134 cm³/mol. The molecule has 2 atom stereocenters. The Morgan fingerprint density at radius 1 is 1.11 bits per heavy atom. The van der Waals surface area contributed by atoms with Crippen molar-refractivity contribution in [2.24, 2.45) is 5.73 Å². The molecule has 0 saturated heterocycles. The van der Waals surface area contributed by atoms with E-state index in [0.29, 0.717) is 5.56 Å². The number of aliphatic hydroxyl groups excluding tert-OH is 1. The van der Waals surface area contributed by atoms with Gasteiger partial charge in [-0.25, -0.2) is 0 Å². The fourth-order valence-electron chi connectivity index (χ4n) is 3.86. The van der Waals surface area contributed by atoms with Crippen molar-refractivity contribution in [1.29, 1.82) is 0 Å². The molecule has 5 N–H and O–H groups in total. The summed E-state index contributed by atoms with van der Waals surface area (Å²) in [6.07, 6.45) is -0.197. The number of carbonyl (C=O) groups is 1. The van der Waals surface area contributed by atoms with Gasteiger partial charge in [0, 0.05) is 18.2 Å². The van der Waals surface area contributed by atoms with E-state index in [9.17, 15) is 20.0 Å². The minimum Gasteiger partial charge on any atom is -0.484 e. The highest BCUT2D eigenvalue weighted by Crippen LogP contribution is 2.28. The Morgan fingerprint density at radius 3 is 2.49 bits per heavy atom. The number of fused-ring (bicyclic) bond motifs is 1. The lowest BCUT2D eigenvalue weighted by atomic mass is 9.93. The van der Waals surface area contributed by atoms with Crippen LogP contribution in [-0.2, 0) is 17.6 Å². The van der Waals surface area contributed by atoms with Crippen molar-refractivity contribution in [1.82, 2.24) is 5.32 Å². The van der Waals surface area contributed by atoms with Crippen LogP contribution in [0.1, 0.15) is 25.0 Å². The highest BCUT2D eigenvalue weighted by molar-refractivity contribution is 5.83. The smallest absolute Gasteiger partial charge is 0.320 e. The summed E-state index contributed by atoms with van der Waals surface area (Å²) < 4.78 is 5.52. The molecule has 9 nitrogen and oxygen atoms in total. The quantitative estimate of drug-likeness (QED) is 0.228. The van der Waals surface area contributed by atoms with Crippen molar-refractivity contribution >= 4 is 22.4 Å². The van der Waals surface area contributed by atoms with Crippen LogP contribution >= 0.6 is 0 Å². The van der Waals surface area contributed by atoms with E-state index in [-0.39, 0.29) is 36.5 Å². The first-order chi connectivity index (χ1) is 16.5. The molecule has 0 spiro atoms. The van der Waals surface area contributed by atoms with E-state index in [0.717, 1.165) is 6.42 Å². The Hall–Kier alpha value is -3.53. The zero-order chi connectivity index (χ0) is 25.6. The van der Waals surface area contributed by atoms with Gasteiger partial charge >= 0.3 is 11.7 Å². The van der Waals surface area contributed by atoms with Gasteiger partial charge < -0.3 is 26.0 Å². The van der Waals surface area contributed by atoms with E-state index < -0.39 is 23.0 Å². The fraction of sp³-hybridized carbons (Fsp3) is 0.346. The summed E-state index contributed by atoms with van der Waals surface area (Å²) in [6.45, 7) is 4.18. The number of nitrogens with one attached hydrogen (secondary N) is 1. The third kappa shape index (κ3) is 7.48. The van der Waals surface area contributed by atoms with Crippen LogP contribution in [0.2, 0.25) is 0 Å². The topological polar surface area (TPSA) is 148 Å². The number of nitro benzene ring substituents is 1. The molecular formula is C26H31N3O6. The Bertz CT molecular complexity index is 1200. The molecule has 186 valence electrons. The first-order valence-electron chi connectivity index (χ1n) is 11.3. The van der Waals surface area contributed by atoms with Crippen molar-refractivity contribution in [2.75, 3.05) is 13.2 Å². The van der Waals surface area contributed by atoms with E-state index in [2.05, 4.69) is 35.6 Å². The molecule has 0 aromatic heterocycles. The normalized spacial score (nSPS) is 13.4. The zero-order valence-electron chi connectivity index (χ0n) is 19.8. The highest BCUT2D eigenvalue weighted by atomic mass is 16.6. The molecule has 0 aliphatic rings. The summed E-state index contributed by atoms with van der Waals surface area (Å²) in [4.78, 5) is 21.8. The first-order valence-corrected chi connectivity index (χ1v) is 11.3. The van der Waals surface area contributed by atoms with E-state index in [1.54, 1.807) is 0 Å². The van der Waals surface area contributed by atoms with Gasteiger partial charge in [-0.2, -0.15) is 0 Å². The number of hydrogen-bond donors (Lipinski definition) is 4. The zero-order valence-corrected chi connectivity index (χ0v) is 19.8. The molecule has 0 radical (unpaired) electrons. The number of hydrogen-bond acceptors (Lipinski definition) is 7. The van der Waals surface area contributed by atoms with Crippen LogP contribution < -0.4 is 15.8 Å². The lowest BCUT2D eigenvalue weighted by molar-refractivity contribution is -0.386. The van der Waals surface area contributed by atoms with Crippen LogP contribution in [0.5, 0.6) is 5.75 Å². The maximum absolute atomic E-state index is 11.5. The van der Waals surface area contributed by atoms with Crippen molar-refractivity contribution < 1.29 is 24.7 Å². The van der Waals surface area contributed by atoms with Crippen LogP contribution in [-0.4, -0.2) is 51.9 Å². The number of ether oxygens (including phenoxy) is 1. The molecule has 0 aliphatic heterocycles. The summed E-state index contributed by atoms with van der Waals surface area (Å²) in [5.74, 6) is -1.19. The molecule has 0 heterocycles. The number of aliphatic carboxylic acids is 1. The molecule has 35 heavy (non-hydrogen) atoms. The second-order valence-corrected chi connectivity index (χ2v) is 9.30. The maximum Gasteiger partial charge on any atom is 0.320 e. The molecule has 0 bridgehead atoms. The summed E-state index contributed by atoms with van der Waals surface area (Å²) in [6, 6.07) is 17.5. The predicted octanol–water partition coefficient (Wildman–Crippen LogP) is 3.05. The third-order valence-electron chi connectivity index (χ3n) is 5.70. The van der Waals surface area contributed by atoms with Gasteiger partial charge in [-0.3, -0.25) is 14.9 Å². The number of nitrogens with zero attached hydrogens (tertiary/aromatic N) is 1. The second kappa shape index (κ2) is 11.3. The van der Waals surface area contributed by atoms with E-state index >= 15 is 0 Å². The average Bonchev–Trinajstić information content (AvgIpc) is 2.81. The summed E-state index contributed by atoms with van der Waals surface area (Å²) >= 11 is 0. The monoisotopic (exact) mass is 481 g/mol. The number of nitro groups is 1. The standard InChI is InChI=1S/C26H31N3O6/c1-26(2,14-18-7-9-19-5-3-4-6-20(19)11-18)28-15-21(30)16-35-24-10-8-17(12-22(27)25(31)32)13-23(24)29(33)34/h3-11,13,21-22,28,30H,12,14-16,27H2,1-2H3,(H,31,32)/t21-,22+/m1/s1. The van der Waals surface area contributed by atoms with Gasteiger partial charge in [0.05, 0.1) is 4.92 Å². The number of carboxylic acids is 1. The van der Waals surface area contributed by atoms with E-state index in [4.69, 9.17) is 15.6 Å².